The summed E-state index contributed by atoms with van der Waals surface area (Å²) in [5.74, 6) is 0.354. The molecular formula is C24H22N6O. The number of pyridine rings is 2. The van der Waals surface area contributed by atoms with Crippen molar-refractivity contribution < 1.29 is 4.79 Å². The lowest BCUT2D eigenvalue weighted by Gasteiger charge is -2.27. The van der Waals surface area contributed by atoms with Crippen molar-refractivity contribution in [3.8, 4) is 11.4 Å². The Labute approximate surface area is 180 Å². The second-order valence-electron chi connectivity index (χ2n) is 7.53. The zero-order valence-electron chi connectivity index (χ0n) is 17.0. The Balaban J connectivity index is 1.53. The quantitative estimate of drug-likeness (QED) is 0.539. The summed E-state index contributed by atoms with van der Waals surface area (Å²) in [5.41, 5.74) is 2.94. The number of rotatable bonds is 4. The zero-order valence-corrected chi connectivity index (χ0v) is 17.0. The number of fused-ring (bicyclic) bond motifs is 1. The van der Waals surface area contributed by atoms with Crippen LogP contribution in [0.5, 0.6) is 0 Å². The van der Waals surface area contributed by atoms with Crippen LogP contribution in [0.4, 0.5) is 11.6 Å². The number of piperidine rings is 1. The predicted molar refractivity (Wildman–Crippen MR) is 121 cm³/mol. The lowest BCUT2D eigenvalue weighted by molar-refractivity contribution is 0.102. The number of nitrogens with zero attached hydrogens (tertiary/aromatic N) is 5. The van der Waals surface area contributed by atoms with Gasteiger partial charge in [-0.2, -0.15) is 0 Å². The average Bonchev–Trinajstić information content (AvgIpc) is 2.85. The minimum absolute atomic E-state index is 0.288. The van der Waals surface area contributed by atoms with Gasteiger partial charge in [0.1, 0.15) is 5.69 Å². The second-order valence-corrected chi connectivity index (χ2v) is 7.53. The third-order valence-electron chi connectivity index (χ3n) is 5.45. The SMILES string of the molecule is O=C(Nc1cccc2cccnc12)c1cnc(N2CCCCC2)nc1-c1ccccn1. The molecule has 1 amide bonds. The van der Waals surface area contributed by atoms with E-state index in [2.05, 4.69) is 25.2 Å². The van der Waals surface area contributed by atoms with Crippen molar-refractivity contribution in [1.82, 2.24) is 19.9 Å². The summed E-state index contributed by atoms with van der Waals surface area (Å²) in [7, 11) is 0. The van der Waals surface area contributed by atoms with Crippen molar-refractivity contribution in [1.29, 1.82) is 0 Å². The highest BCUT2D eigenvalue weighted by Gasteiger charge is 2.21. The molecule has 1 aromatic carbocycles. The first-order chi connectivity index (χ1) is 15.3. The summed E-state index contributed by atoms with van der Waals surface area (Å²) in [5, 5.41) is 3.95. The van der Waals surface area contributed by atoms with Gasteiger partial charge in [-0.25, -0.2) is 9.97 Å². The topological polar surface area (TPSA) is 83.9 Å². The fraction of sp³-hybridized carbons (Fsp3) is 0.208. The predicted octanol–water partition coefficient (Wildman–Crippen LogP) is 4.33. The van der Waals surface area contributed by atoms with Crippen LogP contribution < -0.4 is 10.2 Å². The molecule has 0 spiro atoms. The summed E-state index contributed by atoms with van der Waals surface area (Å²) in [6, 6.07) is 15.1. The van der Waals surface area contributed by atoms with E-state index < -0.39 is 0 Å². The van der Waals surface area contributed by atoms with Crippen LogP contribution >= 0.6 is 0 Å². The fourth-order valence-corrected chi connectivity index (χ4v) is 3.88. The molecule has 1 aliphatic heterocycles. The molecule has 1 aliphatic rings. The van der Waals surface area contributed by atoms with Crippen molar-refractivity contribution in [3.63, 3.8) is 0 Å². The van der Waals surface area contributed by atoms with Gasteiger partial charge in [-0.3, -0.25) is 14.8 Å². The molecule has 1 N–H and O–H groups in total. The van der Waals surface area contributed by atoms with Crippen molar-refractivity contribution in [2.24, 2.45) is 0 Å². The highest BCUT2D eigenvalue weighted by atomic mass is 16.1. The van der Waals surface area contributed by atoms with E-state index in [0.717, 1.165) is 36.8 Å². The Morgan fingerprint density at radius 3 is 2.55 bits per heavy atom. The van der Waals surface area contributed by atoms with Crippen molar-refractivity contribution in [2.45, 2.75) is 19.3 Å². The molecule has 1 fully saturated rings. The molecule has 0 saturated carbocycles. The Morgan fingerprint density at radius 2 is 1.71 bits per heavy atom. The number of nitrogens with one attached hydrogen (secondary N) is 1. The molecular weight excluding hydrogens is 388 g/mol. The van der Waals surface area contributed by atoms with Crippen molar-refractivity contribution >= 4 is 28.4 Å². The molecule has 4 heterocycles. The lowest BCUT2D eigenvalue weighted by atomic mass is 10.1. The van der Waals surface area contributed by atoms with Gasteiger partial charge in [0.2, 0.25) is 5.95 Å². The summed E-state index contributed by atoms with van der Waals surface area (Å²) in [6.07, 6.45) is 8.50. The number of hydrogen-bond donors (Lipinski definition) is 1. The largest absolute Gasteiger partial charge is 0.341 e. The molecule has 1 saturated heterocycles. The van der Waals surface area contributed by atoms with E-state index in [1.54, 1.807) is 18.6 Å². The number of carbonyl (C=O) groups excluding carboxylic acids is 1. The molecule has 7 heteroatoms. The molecule has 0 radical (unpaired) electrons. The van der Waals surface area contributed by atoms with Gasteiger partial charge in [0, 0.05) is 37.1 Å². The third kappa shape index (κ3) is 3.94. The fourth-order valence-electron chi connectivity index (χ4n) is 3.88. The summed E-state index contributed by atoms with van der Waals surface area (Å²) < 4.78 is 0. The van der Waals surface area contributed by atoms with Crippen LogP contribution in [0, 0.1) is 0 Å². The molecule has 31 heavy (non-hydrogen) atoms. The van der Waals surface area contributed by atoms with E-state index in [4.69, 9.17) is 4.98 Å². The Kier molecular flexibility index (Phi) is 5.22. The number of aromatic nitrogens is 4. The first kappa shape index (κ1) is 19.1. The number of amides is 1. The van der Waals surface area contributed by atoms with Crippen LogP contribution in [0.2, 0.25) is 0 Å². The van der Waals surface area contributed by atoms with E-state index in [-0.39, 0.29) is 5.91 Å². The lowest BCUT2D eigenvalue weighted by Crippen LogP contribution is -2.31. The smallest absolute Gasteiger partial charge is 0.259 e. The van der Waals surface area contributed by atoms with Crippen LogP contribution in [0.15, 0.2) is 67.1 Å². The number of benzene rings is 1. The van der Waals surface area contributed by atoms with Crippen LogP contribution in [-0.2, 0) is 0 Å². The molecule has 5 rings (SSSR count). The number of anilines is 2. The third-order valence-corrected chi connectivity index (χ3v) is 5.45. The van der Waals surface area contributed by atoms with Gasteiger partial charge >= 0.3 is 0 Å². The minimum atomic E-state index is -0.288. The highest BCUT2D eigenvalue weighted by molar-refractivity contribution is 6.10. The maximum absolute atomic E-state index is 13.3. The molecule has 4 aromatic rings. The maximum atomic E-state index is 13.3. The Hall–Kier alpha value is -3.87. The van der Waals surface area contributed by atoms with E-state index in [1.165, 1.54) is 6.42 Å². The van der Waals surface area contributed by atoms with Crippen molar-refractivity contribution in [3.05, 3.63) is 72.7 Å². The first-order valence-corrected chi connectivity index (χ1v) is 10.5. The summed E-state index contributed by atoms with van der Waals surface area (Å²) >= 11 is 0. The monoisotopic (exact) mass is 410 g/mol. The van der Waals surface area contributed by atoms with E-state index in [1.807, 2.05) is 48.5 Å². The van der Waals surface area contributed by atoms with Gasteiger partial charge in [0.15, 0.2) is 0 Å². The minimum Gasteiger partial charge on any atom is -0.341 e. The van der Waals surface area contributed by atoms with E-state index >= 15 is 0 Å². The molecule has 3 aromatic heterocycles. The standard InChI is InChI=1S/C24H22N6O/c31-23(28-20-11-6-8-17-9-7-13-26-21(17)20)18-16-27-24(30-14-4-1-5-15-30)29-22(18)19-10-2-3-12-25-19/h2-3,6-13,16H,1,4-5,14-15H2,(H,28,31). The van der Waals surface area contributed by atoms with Gasteiger partial charge in [-0.1, -0.05) is 24.3 Å². The summed E-state index contributed by atoms with van der Waals surface area (Å²) in [4.78, 5) is 33.6. The van der Waals surface area contributed by atoms with Gasteiger partial charge in [0.25, 0.3) is 5.91 Å². The number of carbonyl (C=O) groups is 1. The molecule has 7 nitrogen and oxygen atoms in total. The second kappa shape index (κ2) is 8.47. The van der Waals surface area contributed by atoms with E-state index in [0.29, 0.717) is 28.6 Å². The maximum Gasteiger partial charge on any atom is 0.259 e. The van der Waals surface area contributed by atoms with Crippen LogP contribution in [-0.4, -0.2) is 38.9 Å². The Bertz CT molecular complexity index is 1220. The molecule has 0 atom stereocenters. The molecule has 154 valence electrons. The van der Waals surface area contributed by atoms with Gasteiger partial charge in [-0.15, -0.1) is 0 Å². The van der Waals surface area contributed by atoms with Crippen LogP contribution in [0.3, 0.4) is 0 Å². The van der Waals surface area contributed by atoms with Gasteiger partial charge in [0.05, 0.1) is 22.5 Å². The Morgan fingerprint density at radius 1 is 0.871 bits per heavy atom. The van der Waals surface area contributed by atoms with Gasteiger partial charge < -0.3 is 10.2 Å². The van der Waals surface area contributed by atoms with Crippen LogP contribution in [0.1, 0.15) is 29.6 Å². The highest BCUT2D eigenvalue weighted by Crippen LogP contribution is 2.26. The average molecular weight is 410 g/mol. The number of hydrogen-bond acceptors (Lipinski definition) is 6. The first-order valence-electron chi connectivity index (χ1n) is 10.5. The van der Waals surface area contributed by atoms with Gasteiger partial charge in [-0.05, 0) is 43.5 Å². The van der Waals surface area contributed by atoms with Crippen molar-refractivity contribution in [2.75, 3.05) is 23.3 Å². The molecule has 0 bridgehead atoms. The normalized spacial score (nSPS) is 13.9. The molecule has 0 unspecified atom stereocenters. The summed E-state index contributed by atoms with van der Waals surface area (Å²) in [6.45, 7) is 1.85. The van der Waals surface area contributed by atoms with E-state index in [9.17, 15) is 4.79 Å². The zero-order chi connectivity index (χ0) is 21.0. The number of para-hydroxylation sites is 1. The van der Waals surface area contributed by atoms with Crippen LogP contribution in [0.25, 0.3) is 22.3 Å². The molecule has 0 aliphatic carbocycles.